The highest BCUT2D eigenvalue weighted by molar-refractivity contribution is 6.04. The van der Waals surface area contributed by atoms with E-state index in [1.54, 1.807) is 6.92 Å². The molecule has 1 heterocycles. The first-order valence-corrected chi connectivity index (χ1v) is 6.73. The largest absolute Gasteiger partial charge is 0.321 e. The van der Waals surface area contributed by atoms with Crippen molar-refractivity contribution in [1.82, 2.24) is 10.2 Å². The number of nitrogens with zero attached hydrogens (tertiary/aromatic N) is 1. The Morgan fingerprint density at radius 3 is 2.60 bits per heavy atom. The van der Waals surface area contributed by atoms with Gasteiger partial charge in [0.25, 0.3) is 0 Å². The molecule has 1 aliphatic rings. The summed E-state index contributed by atoms with van der Waals surface area (Å²) in [6.07, 6.45) is 0.627. The molecule has 1 fully saturated rings. The predicted octanol–water partition coefficient (Wildman–Crippen LogP) is 1.05. The molecule has 1 aliphatic heterocycles. The summed E-state index contributed by atoms with van der Waals surface area (Å²) >= 11 is 0. The van der Waals surface area contributed by atoms with Crippen LogP contribution in [0, 0.1) is 0 Å². The lowest BCUT2D eigenvalue weighted by molar-refractivity contribution is -0.150. The van der Waals surface area contributed by atoms with E-state index in [0.717, 1.165) is 5.56 Å². The van der Waals surface area contributed by atoms with E-state index in [4.69, 9.17) is 0 Å². The van der Waals surface area contributed by atoms with Crippen LogP contribution in [-0.2, 0) is 14.4 Å². The second-order valence-electron chi connectivity index (χ2n) is 4.93. The van der Waals surface area contributed by atoms with Gasteiger partial charge in [-0.1, -0.05) is 37.3 Å². The van der Waals surface area contributed by atoms with E-state index < -0.39 is 17.9 Å². The number of hydrogen-bond donors (Lipinski definition) is 1. The predicted molar refractivity (Wildman–Crippen MR) is 73.8 cm³/mol. The molecule has 0 aromatic heterocycles. The van der Waals surface area contributed by atoms with Gasteiger partial charge in [0.15, 0.2) is 0 Å². The van der Waals surface area contributed by atoms with Gasteiger partial charge < -0.3 is 4.90 Å². The second kappa shape index (κ2) is 5.86. The first-order valence-electron chi connectivity index (χ1n) is 6.73. The molecule has 106 valence electrons. The normalized spacial score (nSPS) is 20.5. The molecule has 0 aliphatic carbocycles. The van der Waals surface area contributed by atoms with E-state index in [1.165, 1.54) is 4.90 Å². The number of nitrogens with one attached hydrogen (secondary N) is 1. The number of hydrogen-bond acceptors (Lipinski definition) is 3. The molecule has 5 heteroatoms. The maximum Gasteiger partial charge on any atom is 0.249 e. The quantitative estimate of drug-likeness (QED) is 0.838. The average molecular weight is 274 g/mol. The van der Waals surface area contributed by atoms with E-state index in [1.807, 2.05) is 37.3 Å². The van der Waals surface area contributed by atoms with Crippen molar-refractivity contribution < 1.29 is 14.4 Å². The zero-order valence-electron chi connectivity index (χ0n) is 11.6. The minimum Gasteiger partial charge on any atom is -0.321 e. The number of carbonyl (C=O) groups is 3. The van der Waals surface area contributed by atoms with Gasteiger partial charge in [0, 0.05) is 0 Å². The maximum absolute atomic E-state index is 12.6. The third kappa shape index (κ3) is 2.71. The fourth-order valence-electron chi connectivity index (χ4n) is 2.42. The van der Waals surface area contributed by atoms with Crippen molar-refractivity contribution in [1.29, 1.82) is 0 Å². The fourth-order valence-corrected chi connectivity index (χ4v) is 2.42. The zero-order chi connectivity index (χ0) is 14.7. The standard InChI is InChI=1S/C15H18N2O3/c1-3-12(11-7-5-4-6-8-11)15(20)17-9-13(18)16-14(19)10(17)2/h4-8,10,12H,3,9H2,1-2H3,(H,16,18,19). The summed E-state index contributed by atoms with van der Waals surface area (Å²) < 4.78 is 0. The van der Waals surface area contributed by atoms with Crippen LogP contribution in [0.1, 0.15) is 31.7 Å². The Bertz CT molecular complexity index is 527. The lowest BCUT2D eigenvalue weighted by Crippen LogP contribution is -2.59. The van der Waals surface area contributed by atoms with E-state index in [-0.39, 0.29) is 18.4 Å². The molecule has 20 heavy (non-hydrogen) atoms. The SMILES string of the molecule is CCC(C(=O)N1CC(=O)NC(=O)C1C)c1ccccc1. The van der Waals surface area contributed by atoms with E-state index in [0.29, 0.717) is 6.42 Å². The molecule has 0 saturated carbocycles. The summed E-state index contributed by atoms with van der Waals surface area (Å²) in [5, 5.41) is 2.24. The van der Waals surface area contributed by atoms with Crippen LogP contribution in [-0.4, -0.2) is 35.2 Å². The van der Waals surface area contributed by atoms with Crippen LogP contribution >= 0.6 is 0 Å². The van der Waals surface area contributed by atoms with Crippen LogP contribution in [0.15, 0.2) is 30.3 Å². The van der Waals surface area contributed by atoms with Crippen molar-refractivity contribution in [3.8, 4) is 0 Å². The smallest absolute Gasteiger partial charge is 0.249 e. The number of rotatable bonds is 3. The van der Waals surface area contributed by atoms with Crippen molar-refractivity contribution >= 4 is 17.7 Å². The molecule has 2 atom stereocenters. The number of piperazine rings is 1. The van der Waals surface area contributed by atoms with Gasteiger partial charge in [0.05, 0.1) is 5.92 Å². The minimum absolute atomic E-state index is 0.0604. The van der Waals surface area contributed by atoms with Crippen molar-refractivity contribution in [2.45, 2.75) is 32.2 Å². The van der Waals surface area contributed by atoms with Crippen LogP contribution < -0.4 is 5.32 Å². The molecular weight excluding hydrogens is 256 g/mol. The Balaban J connectivity index is 2.24. The molecule has 2 rings (SSSR count). The van der Waals surface area contributed by atoms with Gasteiger partial charge in [-0.25, -0.2) is 0 Å². The average Bonchev–Trinajstić information content (AvgIpc) is 2.44. The van der Waals surface area contributed by atoms with E-state index in [9.17, 15) is 14.4 Å². The Labute approximate surface area is 118 Å². The number of amides is 3. The molecule has 0 spiro atoms. The molecule has 1 aromatic carbocycles. The summed E-state index contributed by atoms with van der Waals surface area (Å²) in [5.74, 6) is -1.34. The Kier molecular flexibility index (Phi) is 4.17. The van der Waals surface area contributed by atoms with Crippen LogP contribution in [0.3, 0.4) is 0 Å². The fraction of sp³-hybridized carbons (Fsp3) is 0.400. The monoisotopic (exact) mass is 274 g/mol. The number of benzene rings is 1. The van der Waals surface area contributed by atoms with Gasteiger partial charge in [-0.05, 0) is 18.9 Å². The number of carbonyl (C=O) groups excluding carboxylic acids is 3. The topological polar surface area (TPSA) is 66.5 Å². The lowest BCUT2D eigenvalue weighted by atomic mass is 9.94. The van der Waals surface area contributed by atoms with Gasteiger partial charge in [0.1, 0.15) is 12.6 Å². The van der Waals surface area contributed by atoms with E-state index in [2.05, 4.69) is 5.32 Å². The maximum atomic E-state index is 12.6. The number of imide groups is 1. The van der Waals surface area contributed by atoms with Gasteiger partial charge in [-0.15, -0.1) is 0 Å². The highest BCUT2D eigenvalue weighted by atomic mass is 16.2. The first kappa shape index (κ1) is 14.2. The van der Waals surface area contributed by atoms with Crippen LogP contribution in [0.5, 0.6) is 0 Å². The highest BCUT2D eigenvalue weighted by Crippen LogP contribution is 2.23. The van der Waals surface area contributed by atoms with Crippen molar-refractivity contribution in [3.63, 3.8) is 0 Å². The lowest BCUT2D eigenvalue weighted by Gasteiger charge is -2.34. The van der Waals surface area contributed by atoms with Crippen LogP contribution in [0.2, 0.25) is 0 Å². The molecular formula is C15H18N2O3. The van der Waals surface area contributed by atoms with Gasteiger partial charge in [-0.2, -0.15) is 0 Å². The van der Waals surface area contributed by atoms with Crippen LogP contribution in [0.4, 0.5) is 0 Å². The first-order chi connectivity index (χ1) is 9.54. The minimum atomic E-state index is -0.613. The molecule has 5 nitrogen and oxygen atoms in total. The Morgan fingerprint density at radius 1 is 1.35 bits per heavy atom. The zero-order valence-corrected chi connectivity index (χ0v) is 11.6. The molecule has 0 bridgehead atoms. The molecule has 0 radical (unpaired) electrons. The highest BCUT2D eigenvalue weighted by Gasteiger charge is 2.36. The summed E-state index contributed by atoms with van der Waals surface area (Å²) in [4.78, 5) is 37.1. The molecule has 3 amide bonds. The summed E-state index contributed by atoms with van der Waals surface area (Å²) in [7, 11) is 0. The van der Waals surface area contributed by atoms with Crippen molar-refractivity contribution in [2.24, 2.45) is 0 Å². The molecule has 2 unspecified atom stereocenters. The summed E-state index contributed by atoms with van der Waals surface area (Å²) in [6.45, 7) is 3.50. The summed E-state index contributed by atoms with van der Waals surface area (Å²) in [6, 6.07) is 8.82. The van der Waals surface area contributed by atoms with E-state index >= 15 is 0 Å². The third-order valence-corrected chi connectivity index (χ3v) is 3.61. The van der Waals surface area contributed by atoms with Gasteiger partial charge in [0.2, 0.25) is 17.7 Å². The summed E-state index contributed by atoms with van der Waals surface area (Å²) in [5.41, 5.74) is 0.908. The third-order valence-electron chi connectivity index (χ3n) is 3.61. The molecule has 1 saturated heterocycles. The van der Waals surface area contributed by atoms with Crippen molar-refractivity contribution in [2.75, 3.05) is 6.54 Å². The van der Waals surface area contributed by atoms with Crippen LogP contribution in [0.25, 0.3) is 0 Å². The molecule has 1 N–H and O–H groups in total. The van der Waals surface area contributed by atoms with Gasteiger partial charge in [-0.3, -0.25) is 19.7 Å². The second-order valence-corrected chi connectivity index (χ2v) is 4.93. The van der Waals surface area contributed by atoms with Crippen molar-refractivity contribution in [3.05, 3.63) is 35.9 Å². The Hall–Kier alpha value is -2.17. The van der Waals surface area contributed by atoms with Gasteiger partial charge >= 0.3 is 0 Å². The Morgan fingerprint density at radius 2 is 2.00 bits per heavy atom. The molecule has 1 aromatic rings.